The fourth-order valence-electron chi connectivity index (χ4n) is 1.77. The minimum atomic E-state index is 0.481. The Labute approximate surface area is 104 Å². The average molecular weight is 237 g/mol. The molecule has 0 aromatic carbocycles. The van der Waals surface area contributed by atoms with Gasteiger partial charge in [-0.25, -0.2) is 4.98 Å². The molecule has 0 saturated carbocycles. The van der Waals surface area contributed by atoms with Crippen molar-refractivity contribution in [2.75, 3.05) is 13.7 Å². The zero-order valence-corrected chi connectivity index (χ0v) is 11.3. The molecule has 0 fully saturated rings. The summed E-state index contributed by atoms with van der Waals surface area (Å²) in [6.07, 6.45) is 3.18. The summed E-state index contributed by atoms with van der Waals surface area (Å²) in [6.45, 7) is 7.32. The molecule has 1 rings (SSSR count). The molecule has 0 aliphatic heterocycles. The van der Waals surface area contributed by atoms with Crippen LogP contribution in [0.15, 0.2) is 6.07 Å². The van der Waals surface area contributed by atoms with Crippen molar-refractivity contribution in [2.45, 2.75) is 46.1 Å². The molecule has 1 unspecified atom stereocenters. The lowest BCUT2D eigenvalue weighted by atomic mass is 10.1. The number of ether oxygens (including phenoxy) is 1. The molecule has 1 atom stereocenters. The first-order valence-electron chi connectivity index (χ1n) is 6.31. The van der Waals surface area contributed by atoms with E-state index in [1.807, 2.05) is 13.0 Å². The number of aromatic nitrogens is 2. The van der Waals surface area contributed by atoms with Crippen LogP contribution in [0.25, 0.3) is 0 Å². The van der Waals surface area contributed by atoms with E-state index in [0.717, 1.165) is 37.3 Å². The summed E-state index contributed by atoms with van der Waals surface area (Å²) in [7, 11) is 1.64. The first kappa shape index (κ1) is 13.9. The molecule has 0 saturated heterocycles. The minimum Gasteiger partial charge on any atom is -0.481 e. The Morgan fingerprint density at radius 2 is 2.12 bits per heavy atom. The van der Waals surface area contributed by atoms with Crippen molar-refractivity contribution < 1.29 is 4.74 Å². The second kappa shape index (κ2) is 7.22. The van der Waals surface area contributed by atoms with E-state index < -0.39 is 0 Å². The van der Waals surface area contributed by atoms with E-state index in [-0.39, 0.29) is 0 Å². The fraction of sp³-hybridized carbons (Fsp3) is 0.692. The number of methoxy groups -OCH3 is 1. The number of nitrogens with zero attached hydrogens (tertiary/aromatic N) is 2. The van der Waals surface area contributed by atoms with Crippen molar-refractivity contribution in [1.82, 2.24) is 15.3 Å². The summed E-state index contributed by atoms with van der Waals surface area (Å²) in [5, 5.41) is 3.52. The number of hydrogen-bond donors (Lipinski definition) is 1. The number of nitrogens with one attached hydrogen (secondary N) is 1. The Hall–Kier alpha value is -1.16. The molecule has 0 aliphatic rings. The quantitative estimate of drug-likeness (QED) is 0.789. The summed E-state index contributed by atoms with van der Waals surface area (Å²) >= 11 is 0. The lowest BCUT2D eigenvalue weighted by Gasteiger charge is -2.16. The predicted octanol–water partition coefficient (Wildman–Crippen LogP) is 2.11. The van der Waals surface area contributed by atoms with E-state index in [2.05, 4.69) is 29.1 Å². The average Bonchev–Trinajstić information content (AvgIpc) is 2.33. The summed E-state index contributed by atoms with van der Waals surface area (Å²) in [4.78, 5) is 8.64. The van der Waals surface area contributed by atoms with Crippen molar-refractivity contribution in [1.29, 1.82) is 0 Å². The van der Waals surface area contributed by atoms with Gasteiger partial charge in [-0.15, -0.1) is 0 Å². The molecular weight excluding hydrogens is 214 g/mol. The molecule has 0 spiro atoms. The molecule has 17 heavy (non-hydrogen) atoms. The molecule has 4 nitrogen and oxygen atoms in total. The second-order valence-corrected chi connectivity index (χ2v) is 4.21. The standard InChI is InChI=1S/C13H23N3O/c1-5-7-14-11(6-2)8-12-9-13(17-4)16-10(3)15-12/h9,11,14H,5-8H2,1-4H3. The summed E-state index contributed by atoms with van der Waals surface area (Å²) in [5.41, 5.74) is 1.05. The SMILES string of the molecule is CCCNC(CC)Cc1cc(OC)nc(C)n1. The van der Waals surface area contributed by atoms with Gasteiger partial charge in [-0.05, 0) is 26.3 Å². The molecule has 1 heterocycles. The largest absolute Gasteiger partial charge is 0.481 e. The minimum absolute atomic E-state index is 0.481. The highest BCUT2D eigenvalue weighted by Gasteiger charge is 2.09. The molecule has 1 aromatic heterocycles. The molecule has 4 heteroatoms. The Balaban J connectivity index is 2.68. The van der Waals surface area contributed by atoms with Crippen LogP contribution in [0.5, 0.6) is 5.88 Å². The lowest BCUT2D eigenvalue weighted by molar-refractivity contribution is 0.393. The molecule has 1 N–H and O–H groups in total. The summed E-state index contributed by atoms with van der Waals surface area (Å²) in [6, 6.07) is 2.40. The van der Waals surface area contributed by atoms with Crippen molar-refractivity contribution >= 4 is 0 Å². The van der Waals surface area contributed by atoms with Crippen LogP contribution in [0.3, 0.4) is 0 Å². The molecular formula is C13H23N3O. The van der Waals surface area contributed by atoms with Gasteiger partial charge in [-0.1, -0.05) is 13.8 Å². The van der Waals surface area contributed by atoms with Crippen LogP contribution >= 0.6 is 0 Å². The normalized spacial score (nSPS) is 12.5. The van der Waals surface area contributed by atoms with Gasteiger partial charge in [-0.3, -0.25) is 0 Å². The molecule has 0 radical (unpaired) electrons. The van der Waals surface area contributed by atoms with Gasteiger partial charge in [-0.2, -0.15) is 4.98 Å². The van der Waals surface area contributed by atoms with Crippen molar-refractivity contribution in [2.24, 2.45) is 0 Å². The monoisotopic (exact) mass is 237 g/mol. The van der Waals surface area contributed by atoms with Crippen LogP contribution < -0.4 is 10.1 Å². The second-order valence-electron chi connectivity index (χ2n) is 4.21. The first-order valence-corrected chi connectivity index (χ1v) is 6.31. The van der Waals surface area contributed by atoms with E-state index in [1.54, 1.807) is 7.11 Å². The van der Waals surface area contributed by atoms with Gasteiger partial charge in [0.1, 0.15) is 5.82 Å². The van der Waals surface area contributed by atoms with Gasteiger partial charge in [0.15, 0.2) is 0 Å². The number of hydrogen-bond acceptors (Lipinski definition) is 4. The highest BCUT2D eigenvalue weighted by molar-refractivity contribution is 5.16. The van der Waals surface area contributed by atoms with Crippen molar-refractivity contribution in [3.63, 3.8) is 0 Å². The summed E-state index contributed by atoms with van der Waals surface area (Å²) in [5.74, 6) is 1.42. The van der Waals surface area contributed by atoms with Gasteiger partial charge < -0.3 is 10.1 Å². The van der Waals surface area contributed by atoms with Crippen molar-refractivity contribution in [3.05, 3.63) is 17.6 Å². The lowest BCUT2D eigenvalue weighted by Crippen LogP contribution is -2.31. The third-order valence-corrected chi connectivity index (χ3v) is 2.71. The fourth-order valence-corrected chi connectivity index (χ4v) is 1.77. The Morgan fingerprint density at radius 3 is 2.71 bits per heavy atom. The van der Waals surface area contributed by atoms with Crippen LogP contribution in [-0.4, -0.2) is 29.7 Å². The number of rotatable bonds is 7. The smallest absolute Gasteiger partial charge is 0.216 e. The predicted molar refractivity (Wildman–Crippen MR) is 69.4 cm³/mol. The molecule has 0 bridgehead atoms. The topological polar surface area (TPSA) is 47.0 Å². The van der Waals surface area contributed by atoms with E-state index in [9.17, 15) is 0 Å². The van der Waals surface area contributed by atoms with E-state index in [1.165, 1.54) is 0 Å². The zero-order chi connectivity index (χ0) is 12.7. The van der Waals surface area contributed by atoms with Gasteiger partial charge in [0.25, 0.3) is 0 Å². The van der Waals surface area contributed by atoms with E-state index in [4.69, 9.17) is 4.74 Å². The van der Waals surface area contributed by atoms with Crippen LogP contribution in [0, 0.1) is 6.92 Å². The molecule has 0 amide bonds. The molecule has 96 valence electrons. The highest BCUT2D eigenvalue weighted by Crippen LogP contribution is 2.11. The van der Waals surface area contributed by atoms with Crippen LogP contribution in [0.4, 0.5) is 0 Å². The third-order valence-electron chi connectivity index (χ3n) is 2.71. The van der Waals surface area contributed by atoms with Gasteiger partial charge >= 0.3 is 0 Å². The summed E-state index contributed by atoms with van der Waals surface area (Å²) < 4.78 is 5.16. The van der Waals surface area contributed by atoms with Gasteiger partial charge in [0, 0.05) is 24.2 Å². The van der Waals surface area contributed by atoms with Crippen LogP contribution in [0.1, 0.15) is 38.2 Å². The zero-order valence-electron chi connectivity index (χ0n) is 11.3. The maximum absolute atomic E-state index is 5.16. The number of aryl methyl sites for hydroxylation is 1. The maximum Gasteiger partial charge on any atom is 0.216 e. The van der Waals surface area contributed by atoms with Crippen LogP contribution in [0.2, 0.25) is 0 Å². The highest BCUT2D eigenvalue weighted by atomic mass is 16.5. The Morgan fingerprint density at radius 1 is 1.35 bits per heavy atom. The van der Waals surface area contributed by atoms with Crippen molar-refractivity contribution in [3.8, 4) is 5.88 Å². The Kier molecular flexibility index (Phi) is 5.91. The maximum atomic E-state index is 5.16. The first-order chi connectivity index (χ1) is 8.19. The van der Waals surface area contributed by atoms with Crippen LogP contribution in [-0.2, 0) is 6.42 Å². The van der Waals surface area contributed by atoms with Gasteiger partial charge in [0.05, 0.1) is 7.11 Å². The Bertz CT molecular complexity index is 341. The van der Waals surface area contributed by atoms with Gasteiger partial charge in [0.2, 0.25) is 5.88 Å². The third kappa shape index (κ3) is 4.69. The molecule has 1 aromatic rings. The van der Waals surface area contributed by atoms with E-state index >= 15 is 0 Å². The van der Waals surface area contributed by atoms with E-state index in [0.29, 0.717) is 11.9 Å². The molecule has 0 aliphatic carbocycles.